The fraction of sp³-hybridized carbons (Fsp3) is 0.500. The molecule has 1 heterocycles. The van der Waals surface area contributed by atoms with E-state index in [-0.39, 0.29) is 11.7 Å². The van der Waals surface area contributed by atoms with E-state index < -0.39 is 4.92 Å². The lowest BCUT2D eigenvalue weighted by atomic mass is 10.3. The van der Waals surface area contributed by atoms with E-state index in [0.717, 1.165) is 0 Å². The van der Waals surface area contributed by atoms with Gasteiger partial charge >= 0.3 is 5.69 Å². The van der Waals surface area contributed by atoms with Crippen LogP contribution in [0.1, 0.15) is 13.8 Å². The topological polar surface area (TPSA) is 77.3 Å². The number of anilines is 1. The van der Waals surface area contributed by atoms with Gasteiger partial charge in [-0.05, 0) is 29.8 Å². The zero-order valence-corrected chi connectivity index (χ0v) is 11.2. The molecule has 6 nitrogen and oxygen atoms in total. The molecule has 1 N–H and O–H groups in total. The summed E-state index contributed by atoms with van der Waals surface area (Å²) in [6.07, 6.45) is 2.74. The third-order valence-corrected chi connectivity index (χ3v) is 2.64. The number of pyridine rings is 1. The Morgan fingerprint density at radius 3 is 2.94 bits per heavy atom. The van der Waals surface area contributed by atoms with Crippen molar-refractivity contribution < 1.29 is 9.66 Å². The van der Waals surface area contributed by atoms with Crippen LogP contribution in [0.3, 0.4) is 0 Å². The molecule has 0 fully saturated rings. The minimum absolute atomic E-state index is 0.0210. The molecule has 0 aromatic carbocycles. The largest absolute Gasteiger partial charge is 0.380 e. The first-order valence-corrected chi connectivity index (χ1v) is 5.97. The number of halogens is 1. The van der Waals surface area contributed by atoms with Gasteiger partial charge in [-0.2, -0.15) is 0 Å². The number of nitro groups is 1. The van der Waals surface area contributed by atoms with Crippen LogP contribution in [-0.4, -0.2) is 29.2 Å². The molecule has 0 bridgehead atoms. The average Bonchev–Trinajstić information content (AvgIpc) is 2.28. The summed E-state index contributed by atoms with van der Waals surface area (Å²) in [4.78, 5) is 14.2. The molecular weight excluding hydrogens is 290 g/mol. The van der Waals surface area contributed by atoms with Crippen LogP contribution in [0, 0.1) is 10.1 Å². The summed E-state index contributed by atoms with van der Waals surface area (Å²) < 4.78 is 5.81. The molecule has 7 heteroatoms. The van der Waals surface area contributed by atoms with Crippen LogP contribution in [0.15, 0.2) is 16.9 Å². The fourth-order valence-corrected chi connectivity index (χ4v) is 1.72. The van der Waals surface area contributed by atoms with Gasteiger partial charge in [0.1, 0.15) is 11.9 Å². The quantitative estimate of drug-likeness (QED) is 0.645. The molecule has 17 heavy (non-hydrogen) atoms. The lowest BCUT2D eigenvalue weighted by Gasteiger charge is -2.15. The summed E-state index contributed by atoms with van der Waals surface area (Å²) in [6.45, 7) is 4.90. The molecule has 0 aliphatic carbocycles. The van der Waals surface area contributed by atoms with Gasteiger partial charge in [-0.3, -0.25) is 15.1 Å². The summed E-state index contributed by atoms with van der Waals surface area (Å²) >= 11 is 3.24. The van der Waals surface area contributed by atoms with Crippen LogP contribution in [0.2, 0.25) is 0 Å². The first kappa shape index (κ1) is 13.9. The van der Waals surface area contributed by atoms with Crippen molar-refractivity contribution in [1.29, 1.82) is 0 Å². The number of ether oxygens (including phenoxy) is 1. The number of nitrogens with one attached hydrogen (secondary N) is 1. The number of hydrogen-bond donors (Lipinski definition) is 1. The fourth-order valence-electron chi connectivity index (χ4n) is 1.29. The Kier molecular flexibility index (Phi) is 5.30. The molecular formula is C10H14BrN3O3. The van der Waals surface area contributed by atoms with Gasteiger partial charge in [0.15, 0.2) is 0 Å². The predicted octanol–water partition coefficient (Wildman–Crippen LogP) is 2.59. The summed E-state index contributed by atoms with van der Waals surface area (Å²) in [5, 5.41) is 13.9. The molecule has 0 aliphatic heterocycles. The van der Waals surface area contributed by atoms with E-state index in [1.165, 1.54) is 12.4 Å². The Balaban J connectivity index is 2.85. The van der Waals surface area contributed by atoms with Crippen molar-refractivity contribution in [3.8, 4) is 0 Å². The molecule has 1 aromatic rings. The monoisotopic (exact) mass is 303 g/mol. The van der Waals surface area contributed by atoms with Gasteiger partial charge in [-0.25, -0.2) is 0 Å². The lowest BCUT2D eigenvalue weighted by Crippen LogP contribution is -2.22. The molecule has 0 saturated carbocycles. The third-order valence-electron chi connectivity index (χ3n) is 2.04. The zero-order valence-electron chi connectivity index (χ0n) is 9.64. The third kappa shape index (κ3) is 3.94. The maximum atomic E-state index is 10.8. The first-order valence-electron chi connectivity index (χ1n) is 5.18. The van der Waals surface area contributed by atoms with Crippen molar-refractivity contribution >= 4 is 27.3 Å². The van der Waals surface area contributed by atoms with Crippen molar-refractivity contribution in [2.24, 2.45) is 0 Å². The van der Waals surface area contributed by atoms with Crippen molar-refractivity contribution in [2.75, 3.05) is 18.5 Å². The normalized spacial score (nSPS) is 12.2. The van der Waals surface area contributed by atoms with Gasteiger partial charge in [0.25, 0.3) is 0 Å². The highest BCUT2D eigenvalue weighted by molar-refractivity contribution is 9.10. The van der Waals surface area contributed by atoms with E-state index >= 15 is 0 Å². The average molecular weight is 304 g/mol. The maximum absolute atomic E-state index is 10.8. The predicted molar refractivity (Wildman–Crippen MR) is 68.2 cm³/mol. The molecule has 94 valence electrons. The Hall–Kier alpha value is -1.21. The zero-order chi connectivity index (χ0) is 12.8. The van der Waals surface area contributed by atoms with Gasteiger partial charge in [0.05, 0.1) is 16.0 Å². The van der Waals surface area contributed by atoms with Crippen LogP contribution < -0.4 is 5.32 Å². The van der Waals surface area contributed by atoms with Gasteiger partial charge in [0.2, 0.25) is 0 Å². The van der Waals surface area contributed by atoms with Crippen molar-refractivity contribution in [3.05, 3.63) is 27.0 Å². The van der Waals surface area contributed by atoms with Gasteiger partial charge in [0, 0.05) is 18.8 Å². The maximum Gasteiger partial charge on any atom is 0.311 e. The molecule has 0 amide bonds. The highest BCUT2D eigenvalue weighted by Gasteiger charge is 2.18. The number of aromatic nitrogens is 1. The standard InChI is InChI=1S/C10H14BrN3O3/c1-3-17-6-7(2)13-10-8(11)4-12-5-9(10)14(15)16/h4-5,7H,3,6H2,1-2H3,(H,12,13). The summed E-state index contributed by atoms with van der Waals surface area (Å²) in [5.41, 5.74) is 0.375. The van der Waals surface area contributed by atoms with Crippen molar-refractivity contribution in [3.63, 3.8) is 0 Å². The van der Waals surface area contributed by atoms with Gasteiger partial charge in [-0.15, -0.1) is 0 Å². The summed E-state index contributed by atoms with van der Waals surface area (Å²) in [7, 11) is 0. The number of rotatable bonds is 6. The smallest absolute Gasteiger partial charge is 0.311 e. The lowest BCUT2D eigenvalue weighted by molar-refractivity contribution is -0.384. The molecule has 1 atom stereocenters. The molecule has 0 saturated heterocycles. The number of nitrogens with zero attached hydrogens (tertiary/aromatic N) is 2. The van der Waals surface area contributed by atoms with Gasteiger partial charge < -0.3 is 10.1 Å². The highest BCUT2D eigenvalue weighted by atomic mass is 79.9. The van der Waals surface area contributed by atoms with E-state index in [1.807, 2.05) is 13.8 Å². The van der Waals surface area contributed by atoms with Crippen LogP contribution in [0.5, 0.6) is 0 Å². The molecule has 0 radical (unpaired) electrons. The Morgan fingerprint density at radius 2 is 2.35 bits per heavy atom. The van der Waals surface area contributed by atoms with Crippen molar-refractivity contribution in [1.82, 2.24) is 4.98 Å². The Bertz CT molecular complexity index is 400. The van der Waals surface area contributed by atoms with E-state index in [0.29, 0.717) is 23.4 Å². The van der Waals surface area contributed by atoms with Crippen LogP contribution >= 0.6 is 15.9 Å². The van der Waals surface area contributed by atoms with Crippen LogP contribution in [0.4, 0.5) is 11.4 Å². The molecule has 1 rings (SSSR count). The second kappa shape index (κ2) is 6.51. The van der Waals surface area contributed by atoms with Gasteiger partial charge in [-0.1, -0.05) is 0 Å². The minimum Gasteiger partial charge on any atom is -0.380 e. The Labute approximate surface area is 108 Å². The Morgan fingerprint density at radius 1 is 1.65 bits per heavy atom. The highest BCUT2D eigenvalue weighted by Crippen LogP contribution is 2.31. The number of hydrogen-bond acceptors (Lipinski definition) is 5. The molecule has 0 aliphatic rings. The summed E-state index contributed by atoms with van der Waals surface area (Å²) in [6, 6.07) is -0.0210. The minimum atomic E-state index is -0.465. The van der Waals surface area contributed by atoms with E-state index in [4.69, 9.17) is 4.74 Å². The first-order chi connectivity index (χ1) is 8.06. The van der Waals surface area contributed by atoms with E-state index in [2.05, 4.69) is 26.2 Å². The van der Waals surface area contributed by atoms with Crippen LogP contribution in [0.25, 0.3) is 0 Å². The second-order valence-electron chi connectivity index (χ2n) is 3.48. The second-order valence-corrected chi connectivity index (χ2v) is 4.33. The van der Waals surface area contributed by atoms with E-state index in [1.54, 1.807) is 0 Å². The van der Waals surface area contributed by atoms with E-state index in [9.17, 15) is 10.1 Å². The van der Waals surface area contributed by atoms with Crippen LogP contribution in [-0.2, 0) is 4.74 Å². The SMILES string of the molecule is CCOCC(C)Nc1c(Br)cncc1[N+](=O)[O-]. The summed E-state index contributed by atoms with van der Waals surface area (Å²) in [5.74, 6) is 0. The molecule has 0 spiro atoms. The molecule has 1 aromatic heterocycles. The van der Waals surface area contributed by atoms with Crippen molar-refractivity contribution in [2.45, 2.75) is 19.9 Å². The molecule has 1 unspecified atom stereocenters.